The minimum atomic E-state index is -0.261. The molecule has 0 unspecified atom stereocenters. The van der Waals surface area contributed by atoms with Gasteiger partial charge in [-0.05, 0) is 31.2 Å². The van der Waals surface area contributed by atoms with Crippen molar-refractivity contribution in [2.75, 3.05) is 36.5 Å². The SMILES string of the molecule is Cc1ncc(-c2ccc(N3CCOCC3)cc2)nc1C(=O)Nc1ccccc1. The number of hydrogen-bond acceptors (Lipinski definition) is 5. The van der Waals surface area contributed by atoms with Crippen LogP contribution in [0.3, 0.4) is 0 Å². The molecule has 0 atom stereocenters. The molecular weight excluding hydrogens is 352 g/mol. The number of benzene rings is 2. The molecule has 1 N–H and O–H groups in total. The highest BCUT2D eigenvalue weighted by Crippen LogP contribution is 2.23. The zero-order valence-electron chi connectivity index (χ0n) is 15.8. The molecular formula is C22H22N4O2. The van der Waals surface area contributed by atoms with Gasteiger partial charge in [0.15, 0.2) is 0 Å². The third kappa shape index (κ3) is 4.02. The highest BCUT2D eigenvalue weighted by Gasteiger charge is 2.15. The van der Waals surface area contributed by atoms with Gasteiger partial charge in [0.1, 0.15) is 5.69 Å². The monoisotopic (exact) mass is 374 g/mol. The average molecular weight is 374 g/mol. The van der Waals surface area contributed by atoms with E-state index < -0.39 is 0 Å². The number of amides is 1. The number of ether oxygens (including phenoxy) is 1. The molecule has 142 valence electrons. The smallest absolute Gasteiger partial charge is 0.276 e. The number of aromatic nitrogens is 2. The third-order valence-corrected chi connectivity index (χ3v) is 4.74. The second-order valence-electron chi connectivity index (χ2n) is 6.66. The molecule has 1 amide bonds. The Labute approximate surface area is 164 Å². The molecule has 0 saturated carbocycles. The Morgan fingerprint density at radius 3 is 2.46 bits per heavy atom. The van der Waals surface area contributed by atoms with Gasteiger partial charge in [0.25, 0.3) is 5.91 Å². The van der Waals surface area contributed by atoms with Gasteiger partial charge in [-0.15, -0.1) is 0 Å². The minimum Gasteiger partial charge on any atom is -0.378 e. The van der Waals surface area contributed by atoms with Gasteiger partial charge in [-0.2, -0.15) is 0 Å². The second-order valence-corrected chi connectivity index (χ2v) is 6.66. The van der Waals surface area contributed by atoms with Crippen LogP contribution in [0.15, 0.2) is 60.8 Å². The van der Waals surface area contributed by atoms with Crippen molar-refractivity contribution in [3.8, 4) is 11.3 Å². The fraction of sp³-hybridized carbons (Fsp3) is 0.227. The minimum absolute atomic E-state index is 0.261. The first-order valence-electron chi connectivity index (χ1n) is 9.34. The molecule has 6 nitrogen and oxygen atoms in total. The molecule has 0 bridgehead atoms. The van der Waals surface area contributed by atoms with Crippen molar-refractivity contribution >= 4 is 17.3 Å². The van der Waals surface area contributed by atoms with E-state index in [9.17, 15) is 4.79 Å². The van der Waals surface area contributed by atoms with Crippen molar-refractivity contribution in [1.29, 1.82) is 0 Å². The van der Waals surface area contributed by atoms with Gasteiger partial charge in [0.2, 0.25) is 0 Å². The predicted octanol–water partition coefficient (Wildman–Crippen LogP) is 3.54. The standard InChI is InChI=1S/C22H22N4O2/c1-16-21(22(27)24-18-5-3-2-4-6-18)25-20(15-23-16)17-7-9-19(10-8-17)26-11-13-28-14-12-26/h2-10,15H,11-14H2,1H3,(H,24,27). The number of carbonyl (C=O) groups excluding carboxylic acids is 1. The van der Waals surface area contributed by atoms with E-state index in [1.807, 2.05) is 42.5 Å². The summed E-state index contributed by atoms with van der Waals surface area (Å²) in [7, 11) is 0. The average Bonchev–Trinajstić information content (AvgIpc) is 2.75. The Morgan fingerprint density at radius 2 is 1.75 bits per heavy atom. The van der Waals surface area contributed by atoms with Gasteiger partial charge in [0.05, 0.1) is 30.8 Å². The molecule has 2 aromatic carbocycles. The topological polar surface area (TPSA) is 67.3 Å². The Morgan fingerprint density at radius 1 is 1.04 bits per heavy atom. The molecule has 3 aromatic rings. The van der Waals surface area contributed by atoms with E-state index in [1.54, 1.807) is 13.1 Å². The number of para-hydroxylation sites is 1. The second kappa shape index (κ2) is 8.19. The molecule has 2 heterocycles. The summed E-state index contributed by atoms with van der Waals surface area (Å²) in [6, 6.07) is 17.5. The zero-order chi connectivity index (χ0) is 19.3. The largest absolute Gasteiger partial charge is 0.378 e. The fourth-order valence-corrected chi connectivity index (χ4v) is 3.18. The van der Waals surface area contributed by atoms with E-state index >= 15 is 0 Å². The summed E-state index contributed by atoms with van der Waals surface area (Å²) < 4.78 is 5.41. The molecule has 1 saturated heterocycles. The van der Waals surface area contributed by atoms with Crippen LogP contribution in [0, 0.1) is 6.92 Å². The van der Waals surface area contributed by atoms with Gasteiger partial charge >= 0.3 is 0 Å². The molecule has 1 fully saturated rings. The Hall–Kier alpha value is -3.25. The number of aryl methyl sites for hydroxylation is 1. The van der Waals surface area contributed by atoms with E-state index in [1.165, 1.54) is 0 Å². The first kappa shape index (κ1) is 18.1. The van der Waals surface area contributed by atoms with E-state index in [2.05, 4.69) is 32.3 Å². The van der Waals surface area contributed by atoms with Crippen molar-refractivity contribution in [2.45, 2.75) is 6.92 Å². The Kier molecular flexibility index (Phi) is 5.30. The van der Waals surface area contributed by atoms with Gasteiger partial charge in [-0.1, -0.05) is 30.3 Å². The quantitative estimate of drug-likeness (QED) is 0.757. The number of morpholine rings is 1. The van der Waals surface area contributed by atoms with E-state index in [0.29, 0.717) is 17.1 Å². The lowest BCUT2D eigenvalue weighted by atomic mass is 10.1. The summed E-state index contributed by atoms with van der Waals surface area (Å²) in [6.45, 7) is 5.09. The highest BCUT2D eigenvalue weighted by molar-refractivity contribution is 6.03. The van der Waals surface area contributed by atoms with Crippen molar-refractivity contribution in [2.24, 2.45) is 0 Å². The maximum atomic E-state index is 12.6. The van der Waals surface area contributed by atoms with Crippen LogP contribution in [0.4, 0.5) is 11.4 Å². The molecule has 1 aromatic heterocycles. The summed E-state index contributed by atoms with van der Waals surface area (Å²) in [5.74, 6) is -0.261. The lowest BCUT2D eigenvalue weighted by Crippen LogP contribution is -2.36. The lowest BCUT2D eigenvalue weighted by molar-refractivity contribution is 0.102. The molecule has 6 heteroatoms. The van der Waals surface area contributed by atoms with Gasteiger partial charge in [-0.25, -0.2) is 4.98 Å². The normalized spacial score (nSPS) is 14.0. The molecule has 28 heavy (non-hydrogen) atoms. The van der Waals surface area contributed by atoms with Crippen LogP contribution in [0.25, 0.3) is 11.3 Å². The zero-order valence-corrected chi connectivity index (χ0v) is 15.8. The van der Waals surface area contributed by atoms with Crippen LogP contribution in [-0.4, -0.2) is 42.2 Å². The van der Waals surface area contributed by atoms with Crippen molar-refractivity contribution in [3.63, 3.8) is 0 Å². The summed E-state index contributed by atoms with van der Waals surface area (Å²) in [6.07, 6.45) is 1.71. The summed E-state index contributed by atoms with van der Waals surface area (Å²) >= 11 is 0. The van der Waals surface area contributed by atoms with Crippen LogP contribution in [0.2, 0.25) is 0 Å². The number of nitrogens with zero attached hydrogens (tertiary/aromatic N) is 3. The third-order valence-electron chi connectivity index (χ3n) is 4.74. The number of carbonyl (C=O) groups is 1. The predicted molar refractivity (Wildman–Crippen MR) is 110 cm³/mol. The van der Waals surface area contributed by atoms with E-state index in [4.69, 9.17) is 4.74 Å². The fourth-order valence-electron chi connectivity index (χ4n) is 3.18. The van der Waals surface area contributed by atoms with Crippen LogP contribution in [0.5, 0.6) is 0 Å². The van der Waals surface area contributed by atoms with Gasteiger partial charge in [0, 0.05) is 30.0 Å². The highest BCUT2D eigenvalue weighted by atomic mass is 16.5. The lowest BCUT2D eigenvalue weighted by Gasteiger charge is -2.28. The van der Waals surface area contributed by atoms with Crippen molar-refractivity contribution in [1.82, 2.24) is 9.97 Å². The van der Waals surface area contributed by atoms with E-state index in [-0.39, 0.29) is 5.91 Å². The summed E-state index contributed by atoms with van der Waals surface area (Å²) in [4.78, 5) is 23.9. The van der Waals surface area contributed by atoms with E-state index in [0.717, 1.165) is 43.2 Å². The number of nitrogens with one attached hydrogen (secondary N) is 1. The van der Waals surface area contributed by atoms with Crippen LogP contribution < -0.4 is 10.2 Å². The van der Waals surface area contributed by atoms with Crippen LogP contribution in [0.1, 0.15) is 16.2 Å². The molecule has 0 spiro atoms. The molecule has 1 aliphatic rings. The first-order valence-corrected chi connectivity index (χ1v) is 9.34. The Bertz CT molecular complexity index is 952. The van der Waals surface area contributed by atoms with Crippen molar-refractivity contribution < 1.29 is 9.53 Å². The first-order chi connectivity index (χ1) is 13.7. The Balaban J connectivity index is 1.55. The molecule has 4 rings (SSSR count). The van der Waals surface area contributed by atoms with Crippen molar-refractivity contribution in [3.05, 3.63) is 72.2 Å². The maximum Gasteiger partial charge on any atom is 0.276 e. The summed E-state index contributed by atoms with van der Waals surface area (Å²) in [5.41, 5.74) is 4.43. The summed E-state index contributed by atoms with van der Waals surface area (Å²) in [5, 5.41) is 2.87. The number of hydrogen-bond donors (Lipinski definition) is 1. The molecule has 0 radical (unpaired) electrons. The molecule has 0 aliphatic carbocycles. The van der Waals surface area contributed by atoms with Crippen LogP contribution >= 0.6 is 0 Å². The van der Waals surface area contributed by atoms with Crippen LogP contribution in [-0.2, 0) is 4.74 Å². The maximum absolute atomic E-state index is 12.6. The van der Waals surface area contributed by atoms with Gasteiger partial charge in [-0.3, -0.25) is 9.78 Å². The number of anilines is 2. The van der Waals surface area contributed by atoms with Gasteiger partial charge < -0.3 is 15.0 Å². The number of rotatable bonds is 4. The molecule has 1 aliphatic heterocycles.